The maximum atomic E-state index is 5.91. The van der Waals surface area contributed by atoms with E-state index >= 15 is 0 Å². The van der Waals surface area contributed by atoms with E-state index in [0.717, 1.165) is 11.6 Å². The minimum Gasteiger partial charge on any atom is -0.378 e. The van der Waals surface area contributed by atoms with Crippen LogP contribution in [0.1, 0.15) is 24.1 Å². The first kappa shape index (κ1) is 14.9. The van der Waals surface area contributed by atoms with Crippen LogP contribution in [0.2, 0.25) is 5.02 Å². The summed E-state index contributed by atoms with van der Waals surface area (Å²) in [5, 5.41) is 4.30. The fraction of sp³-hybridized carbons (Fsp3) is 0.294. The summed E-state index contributed by atoms with van der Waals surface area (Å²) < 4.78 is 0. The van der Waals surface area contributed by atoms with Gasteiger partial charge in [0, 0.05) is 37.4 Å². The van der Waals surface area contributed by atoms with Crippen LogP contribution in [0, 0.1) is 0 Å². The van der Waals surface area contributed by atoms with Gasteiger partial charge in [0.05, 0.1) is 0 Å². The molecular weight excluding hydrogens is 268 g/mol. The molecule has 0 aliphatic rings. The minimum absolute atomic E-state index is 0.306. The highest BCUT2D eigenvalue weighted by molar-refractivity contribution is 6.30. The summed E-state index contributed by atoms with van der Waals surface area (Å²) in [6.07, 6.45) is 0. The third kappa shape index (κ3) is 3.99. The lowest BCUT2D eigenvalue weighted by Crippen LogP contribution is -2.18. The summed E-state index contributed by atoms with van der Waals surface area (Å²) >= 11 is 5.91. The van der Waals surface area contributed by atoms with Crippen molar-refractivity contribution in [3.63, 3.8) is 0 Å². The Morgan fingerprint density at radius 3 is 2.15 bits per heavy atom. The topological polar surface area (TPSA) is 15.3 Å². The van der Waals surface area contributed by atoms with Crippen molar-refractivity contribution >= 4 is 17.3 Å². The molecule has 3 heteroatoms. The lowest BCUT2D eigenvalue weighted by molar-refractivity contribution is 0.575. The number of nitrogens with one attached hydrogen (secondary N) is 1. The zero-order chi connectivity index (χ0) is 14.5. The van der Waals surface area contributed by atoms with E-state index in [4.69, 9.17) is 11.6 Å². The Hall–Kier alpha value is -1.51. The molecule has 1 atom stereocenters. The van der Waals surface area contributed by atoms with Gasteiger partial charge in [0.15, 0.2) is 0 Å². The van der Waals surface area contributed by atoms with Gasteiger partial charge in [0.25, 0.3) is 0 Å². The number of anilines is 1. The van der Waals surface area contributed by atoms with E-state index in [2.05, 4.69) is 67.6 Å². The Morgan fingerprint density at radius 1 is 1.00 bits per heavy atom. The van der Waals surface area contributed by atoms with Gasteiger partial charge >= 0.3 is 0 Å². The Bertz CT molecular complexity index is 532. The van der Waals surface area contributed by atoms with E-state index in [9.17, 15) is 0 Å². The molecule has 0 heterocycles. The molecule has 2 aromatic rings. The maximum Gasteiger partial charge on any atom is 0.0406 e. The average Bonchev–Trinajstić information content (AvgIpc) is 2.46. The summed E-state index contributed by atoms with van der Waals surface area (Å²) in [6, 6.07) is 16.9. The second-order valence-corrected chi connectivity index (χ2v) is 5.65. The smallest absolute Gasteiger partial charge is 0.0406 e. The summed E-state index contributed by atoms with van der Waals surface area (Å²) in [7, 11) is 4.10. The maximum absolute atomic E-state index is 5.91. The summed E-state index contributed by atoms with van der Waals surface area (Å²) in [4.78, 5) is 2.10. The van der Waals surface area contributed by atoms with Crippen molar-refractivity contribution < 1.29 is 0 Å². The third-order valence-electron chi connectivity index (χ3n) is 3.44. The van der Waals surface area contributed by atoms with Gasteiger partial charge in [-0.05, 0) is 42.3 Å². The van der Waals surface area contributed by atoms with Crippen LogP contribution in [0.4, 0.5) is 5.69 Å². The number of benzene rings is 2. The van der Waals surface area contributed by atoms with Gasteiger partial charge in [-0.15, -0.1) is 0 Å². The molecule has 0 amide bonds. The Kier molecular flexibility index (Phi) is 5.05. The van der Waals surface area contributed by atoms with Crippen LogP contribution in [0.15, 0.2) is 48.5 Å². The molecule has 1 N–H and O–H groups in total. The average molecular weight is 289 g/mol. The predicted octanol–water partition coefficient (Wildman–Crippen LogP) is 4.26. The van der Waals surface area contributed by atoms with Crippen molar-refractivity contribution in [2.24, 2.45) is 0 Å². The van der Waals surface area contributed by atoms with Crippen LogP contribution in [-0.4, -0.2) is 14.1 Å². The third-order valence-corrected chi connectivity index (χ3v) is 3.69. The summed E-state index contributed by atoms with van der Waals surface area (Å²) in [5.74, 6) is 0. The normalized spacial score (nSPS) is 12.2. The Balaban J connectivity index is 1.92. The Labute approximate surface area is 126 Å². The molecule has 0 aromatic heterocycles. The molecule has 0 radical (unpaired) electrons. The molecule has 0 aliphatic heterocycles. The molecular formula is C17H21ClN2. The summed E-state index contributed by atoms with van der Waals surface area (Å²) in [6.45, 7) is 3.02. The number of nitrogens with zero attached hydrogens (tertiary/aromatic N) is 1. The van der Waals surface area contributed by atoms with Crippen LogP contribution in [0.3, 0.4) is 0 Å². The molecule has 2 aromatic carbocycles. The predicted molar refractivity (Wildman–Crippen MR) is 87.5 cm³/mol. The van der Waals surface area contributed by atoms with E-state index in [1.807, 2.05) is 12.1 Å². The number of rotatable bonds is 5. The first-order chi connectivity index (χ1) is 9.56. The van der Waals surface area contributed by atoms with E-state index in [1.165, 1.54) is 16.8 Å². The second-order valence-electron chi connectivity index (χ2n) is 5.22. The van der Waals surface area contributed by atoms with Crippen LogP contribution in [0.25, 0.3) is 0 Å². The van der Waals surface area contributed by atoms with Crippen LogP contribution in [-0.2, 0) is 6.54 Å². The van der Waals surface area contributed by atoms with Crippen LogP contribution in [0.5, 0.6) is 0 Å². The van der Waals surface area contributed by atoms with E-state index in [1.54, 1.807) is 0 Å². The van der Waals surface area contributed by atoms with Crippen molar-refractivity contribution in [1.82, 2.24) is 5.32 Å². The quantitative estimate of drug-likeness (QED) is 0.884. The second kappa shape index (κ2) is 6.78. The van der Waals surface area contributed by atoms with Crippen molar-refractivity contribution in [2.75, 3.05) is 19.0 Å². The molecule has 0 bridgehead atoms. The molecule has 0 saturated carbocycles. The van der Waals surface area contributed by atoms with Crippen LogP contribution < -0.4 is 10.2 Å². The molecule has 0 aliphatic carbocycles. The highest BCUT2D eigenvalue weighted by atomic mass is 35.5. The number of hydrogen-bond donors (Lipinski definition) is 1. The van der Waals surface area contributed by atoms with Gasteiger partial charge in [-0.1, -0.05) is 35.9 Å². The molecule has 20 heavy (non-hydrogen) atoms. The Morgan fingerprint density at radius 2 is 1.60 bits per heavy atom. The molecule has 2 rings (SSSR count). The van der Waals surface area contributed by atoms with Gasteiger partial charge in [0.2, 0.25) is 0 Å². The van der Waals surface area contributed by atoms with Crippen molar-refractivity contribution in [1.29, 1.82) is 0 Å². The number of halogens is 1. The zero-order valence-corrected chi connectivity index (χ0v) is 13.0. The molecule has 0 spiro atoms. The number of hydrogen-bond acceptors (Lipinski definition) is 2. The molecule has 1 unspecified atom stereocenters. The minimum atomic E-state index is 0.306. The van der Waals surface area contributed by atoms with Crippen molar-refractivity contribution in [3.05, 3.63) is 64.7 Å². The van der Waals surface area contributed by atoms with Crippen molar-refractivity contribution in [3.8, 4) is 0 Å². The molecule has 0 fully saturated rings. The van der Waals surface area contributed by atoms with E-state index in [-0.39, 0.29) is 0 Å². The lowest BCUT2D eigenvalue weighted by atomic mass is 10.1. The van der Waals surface area contributed by atoms with Gasteiger partial charge in [0.1, 0.15) is 0 Å². The summed E-state index contributed by atoms with van der Waals surface area (Å²) in [5.41, 5.74) is 3.76. The highest BCUT2D eigenvalue weighted by Crippen LogP contribution is 2.17. The molecule has 0 saturated heterocycles. The van der Waals surface area contributed by atoms with E-state index < -0.39 is 0 Å². The first-order valence-corrected chi connectivity index (χ1v) is 7.19. The van der Waals surface area contributed by atoms with Crippen molar-refractivity contribution in [2.45, 2.75) is 19.5 Å². The SMILES string of the molecule is CC(NCc1ccc(N(C)C)cc1)c1ccc(Cl)cc1. The molecule has 2 nitrogen and oxygen atoms in total. The fourth-order valence-electron chi connectivity index (χ4n) is 2.05. The van der Waals surface area contributed by atoms with E-state index in [0.29, 0.717) is 6.04 Å². The first-order valence-electron chi connectivity index (χ1n) is 6.81. The van der Waals surface area contributed by atoms with Gasteiger partial charge < -0.3 is 10.2 Å². The van der Waals surface area contributed by atoms with Crippen LogP contribution >= 0.6 is 11.6 Å². The van der Waals surface area contributed by atoms with Gasteiger partial charge in [-0.2, -0.15) is 0 Å². The lowest BCUT2D eigenvalue weighted by Gasteiger charge is -2.16. The monoisotopic (exact) mass is 288 g/mol. The zero-order valence-electron chi connectivity index (χ0n) is 12.2. The fourth-order valence-corrected chi connectivity index (χ4v) is 2.18. The standard InChI is InChI=1S/C17H21ClN2/c1-13(15-6-8-16(18)9-7-15)19-12-14-4-10-17(11-5-14)20(2)3/h4-11,13,19H,12H2,1-3H3. The highest BCUT2D eigenvalue weighted by Gasteiger charge is 2.04. The van der Waals surface area contributed by atoms with Gasteiger partial charge in [-0.25, -0.2) is 0 Å². The van der Waals surface area contributed by atoms with Gasteiger partial charge in [-0.3, -0.25) is 0 Å². The largest absolute Gasteiger partial charge is 0.378 e. The molecule has 106 valence electrons.